The van der Waals surface area contributed by atoms with E-state index in [1.54, 1.807) is 0 Å². The Morgan fingerprint density at radius 3 is 1.25 bits per heavy atom. The van der Waals surface area contributed by atoms with E-state index in [4.69, 9.17) is 29.9 Å². The molecule has 13 aromatic rings. The molecule has 0 unspecified atom stereocenters. The Hall–Kier alpha value is -9.40. The summed E-state index contributed by atoms with van der Waals surface area (Å²) in [5.74, 6) is 3.51. The summed E-state index contributed by atoms with van der Waals surface area (Å²) in [4.78, 5) is 31.2. The lowest BCUT2D eigenvalue weighted by atomic mass is 10.0. The summed E-state index contributed by atoms with van der Waals surface area (Å²) in [6.45, 7) is 0. The number of para-hydroxylation sites is 3. The highest BCUT2D eigenvalue weighted by Crippen LogP contribution is 2.43. The quantitative estimate of drug-likeness (QED) is 0.151. The minimum absolute atomic E-state index is 0.539. The smallest absolute Gasteiger partial charge is 0.238 e. The summed E-state index contributed by atoms with van der Waals surface area (Å²) in [6, 6.07) is 79.2. The Balaban J connectivity index is 1.06. The largest absolute Gasteiger partial charge is 0.308 e. The molecule has 13 rings (SSSR count). The van der Waals surface area contributed by atoms with Crippen molar-refractivity contribution < 1.29 is 0 Å². The Morgan fingerprint density at radius 2 is 0.662 bits per heavy atom. The molecule has 0 amide bonds. The Labute approximate surface area is 391 Å². The molecule has 0 bridgehead atoms. The van der Waals surface area contributed by atoms with Crippen LogP contribution in [0, 0.1) is 0 Å². The number of hydrogen-bond donors (Lipinski definition) is 0. The van der Waals surface area contributed by atoms with Crippen LogP contribution in [0.15, 0.2) is 231 Å². The van der Waals surface area contributed by atoms with Gasteiger partial charge in [0, 0.05) is 49.4 Å². The number of aromatic nitrogens is 8. The first-order valence-corrected chi connectivity index (χ1v) is 22.6. The van der Waals surface area contributed by atoms with Gasteiger partial charge in [-0.05, 0) is 41.5 Å². The molecule has 68 heavy (non-hydrogen) atoms. The molecule has 8 heteroatoms. The molecule has 9 aromatic carbocycles. The zero-order valence-electron chi connectivity index (χ0n) is 36.5. The van der Waals surface area contributed by atoms with Crippen LogP contribution in [0.25, 0.3) is 123 Å². The first kappa shape index (κ1) is 39.0. The molecule has 0 fully saturated rings. The summed E-state index contributed by atoms with van der Waals surface area (Å²) in [6.07, 6.45) is 0. The highest BCUT2D eigenvalue weighted by Gasteiger charge is 2.25. The lowest BCUT2D eigenvalue weighted by Gasteiger charge is -2.15. The minimum Gasteiger partial charge on any atom is -0.308 e. The van der Waals surface area contributed by atoms with E-state index in [1.807, 2.05) is 97.1 Å². The molecule has 4 aromatic heterocycles. The predicted molar refractivity (Wildman–Crippen MR) is 275 cm³/mol. The number of nitrogens with zero attached hydrogens (tertiary/aromatic N) is 8. The summed E-state index contributed by atoms with van der Waals surface area (Å²) < 4.78 is 4.57. The van der Waals surface area contributed by atoms with Crippen molar-refractivity contribution >= 4 is 43.6 Å². The fourth-order valence-corrected chi connectivity index (χ4v) is 9.52. The van der Waals surface area contributed by atoms with Gasteiger partial charge in [-0.1, -0.05) is 200 Å². The van der Waals surface area contributed by atoms with E-state index in [1.165, 1.54) is 0 Å². The third-order valence-electron chi connectivity index (χ3n) is 12.7. The van der Waals surface area contributed by atoms with Gasteiger partial charge in [0.2, 0.25) is 5.95 Å². The van der Waals surface area contributed by atoms with Gasteiger partial charge in [-0.15, -0.1) is 0 Å². The van der Waals surface area contributed by atoms with Crippen LogP contribution in [0.2, 0.25) is 0 Å². The van der Waals surface area contributed by atoms with Gasteiger partial charge in [-0.3, -0.25) is 4.57 Å². The van der Waals surface area contributed by atoms with Gasteiger partial charge in [0.1, 0.15) is 0 Å². The number of benzene rings is 9. The molecule has 0 saturated carbocycles. The van der Waals surface area contributed by atoms with E-state index < -0.39 is 0 Å². The van der Waals surface area contributed by atoms with Crippen LogP contribution >= 0.6 is 0 Å². The number of fused-ring (bicyclic) bond motifs is 7. The van der Waals surface area contributed by atoms with Crippen LogP contribution in [0.5, 0.6) is 0 Å². The maximum Gasteiger partial charge on any atom is 0.238 e. The average molecular weight is 871 g/mol. The molecular weight excluding hydrogens is 833 g/mol. The molecule has 4 heterocycles. The molecule has 0 aliphatic carbocycles. The number of rotatable bonds is 8. The maximum absolute atomic E-state index is 5.28. The van der Waals surface area contributed by atoms with Gasteiger partial charge >= 0.3 is 0 Å². The van der Waals surface area contributed by atoms with Crippen molar-refractivity contribution in [1.82, 2.24) is 39.0 Å². The van der Waals surface area contributed by atoms with Gasteiger partial charge in [-0.25, -0.2) is 19.9 Å². The third kappa shape index (κ3) is 6.62. The second kappa shape index (κ2) is 16.2. The van der Waals surface area contributed by atoms with E-state index in [2.05, 4.69) is 143 Å². The van der Waals surface area contributed by atoms with E-state index >= 15 is 0 Å². The van der Waals surface area contributed by atoms with E-state index in [0.717, 1.165) is 88.2 Å². The highest BCUT2D eigenvalue weighted by atomic mass is 15.2. The first-order chi connectivity index (χ1) is 33.7. The van der Waals surface area contributed by atoms with Crippen molar-refractivity contribution in [2.24, 2.45) is 0 Å². The average Bonchev–Trinajstić information content (AvgIpc) is 3.95. The summed E-state index contributed by atoms with van der Waals surface area (Å²) in [7, 11) is 0. The number of hydrogen-bond acceptors (Lipinski definition) is 6. The Bertz CT molecular complexity index is 3940. The van der Waals surface area contributed by atoms with Crippen LogP contribution in [-0.2, 0) is 0 Å². The van der Waals surface area contributed by atoms with Crippen molar-refractivity contribution in [3.63, 3.8) is 0 Å². The van der Waals surface area contributed by atoms with E-state index in [-0.39, 0.29) is 0 Å². The Morgan fingerprint density at radius 1 is 0.250 bits per heavy atom. The van der Waals surface area contributed by atoms with Crippen molar-refractivity contribution in [3.05, 3.63) is 231 Å². The molecule has 0 saturated heterocycles. The van der Waals surface area contributed by atoms with Crippen molar-refractivity contribution in [2.45, 2.75) is 0 Å². The SMILES string of the molecule is c1ccc(-c2ccc(-c3nc(-c4ccccc4)nc(-c4ccccc4-n4c5ccccc5c5c4ccc4c6ccccc6n(-c6nc(-c7ccccc7)nc(-c7ccccc7)n6)c45)n3)cc2)cc1. The van der Waals surface area contributed by atoms with E-state index in [0.29, 0.717) is 35.1 Å². The lowest BCUT2D eigenvalue weighted by Crippen LogP contribution is -2.06. The molecule has 8 nitrogen and oxygen atoms in total. The van der Waals surface area contributed by atoms with Crippen LogP contribution in [0.1, 0.15) is 0 Å². The molecule has 318 valence electrons. The van der Waals surface area contributed by atoms with Gasteiger partial charge in [0.05, 0.1) is 27.8 Å². The van der Waals surface area contributed by atoms with Crippen molar-refractivity contribution in [2.75, 3.05) is 0 Å². The topological polar surface area (TPSA) is 87.2 Å². The second-order valence-corrected chi connectivity index (χ2v) is 16.7. The van der Waals surface area contributed by atoms with Gasteiger partial charge in [-0.2, -0.15) is 9.97 Å². The van der Waals surface area contributed by atoms with Crippen LogP contribution < -0.4 is 0 Å². The highest BCUT2D eigenvalue weighted by molar-refractivity contribution is 6.26. The zero-order chi connectivity index (χ0) is 45.0. The summed E-state index contributed by atoms with van der Waals surface area (Å²) >= 11 is 0. The normalized spacial score (nSPS) is 11.5. The third-order valence-corrected chi connectivity index (χ3v) is 12.7. The molecular formula is C60H38N8. The maximum atomic E-state index is 5.28. The lowest BCUT2D eigenvalue weighted by molar-refractivity contribution is 0.955. The van der Waals surface area contributed by atoms with Crippen molar-refractivity contribution in [1.29, 1.82) is 0 Å². The summed E-state index contributed by atoms with van der Waals surface area (Å²) in [5, 5.41) is 4.37. The van der Waals surface area contributed by atoms with Gasteiger partial charge in [0.25, 0.3) is 0 Å². The Kier molecular flexibility index (Phi) is 9.31. The second-order valence-electron chi connectivity index (χ2n) is 16.7. The fourth-order valence-electron chi connectivity index (χ4n) is 9.52. The molecule has 0 atom stereocenters. The van der Waals surface area contributed by atoms with Gasteiger partial charge < -0.3 is 4.57 Å². The summed E-state index contributed by atoms with van der Waals surface area (Å²) in [5.41, 5.74) is 11.8. The monoisotopic (exact) mass is 870 g/mol. The van der Waals surface area contributed by atoms with Crippen molar-refractivity contribution in [3.8, 4) is 79.7 Å². The van der Waals surface area contributed by atoms with Crippen LogP contribution in [0.3, 0.4) is 0 Å². The van der Waals surface area contributed by atoms with Crippen LogP contribution in [-0.4, -0.2) is 39.0 Å². The van der Waals surface area contributed by atoms with E-state index in [9.17, 15) is 0 Å². The minimum atomic E-state index is 0.539. The molecule has 0 aliphatic heterocycles. The molecule has 0 spiro atoms. The zero-order valence-corrected chi connectivity index (χ0v) is 36.5. The van der Waals surface area contributed by atoms with Gasteiger partial charge in [0.15, 0.2) is 29.1 Å². The molecule has 0 N–H and O–H groups in total. The molecule has 0 aliphatic rings. The fraction of sp³-hybridized carbons (Fsp3) is 0. The predicted octanol–water partition coefficient (Wildman–Crippen LogP) is 14.3. The van der Waals surface area contributed by atoms with Crippen LogP contribution in [0.4, 0.5) is 0 Å². The standard InChI is InChI=1S/C60H38N8/c1-5-19-39(20-6-1)40-33-35-44(36-34-40)56-61-55(41-21-7-2-8-22-41)63-59(64-56)48-29-15-18-32-51(48)67-50-31-17-14-28-47(50)53-52(67)38-37-46-45-27-13-16-30-49(45)68(54(46)53)60-65-57(42-23-9-3-10-24-42)62-58(66-60)43-25-11-4-12-26-43/h1-38H. The first-order valence-electron chi connectivity index (χ1n) is 22.6. The molecule has 0 radical (unpaired) electrons.